The Morgan fingerprint density at radius 1 is 1.30 bits per heavy atom. The highest BCUT2D eigenvalue weighted by molar-refractivity contribution is 6.30. The van der Waals surface area contributed by atoms with Crippen LogP contribution in [0.15, 0.2) is 24.3 Å². The van der Waals surface area contributed by atoms with E-state index in [9.17, 15) is 5.11 Å². The molecule has 1 aliphatic carbocycles. The van der Waals surface area contributed by atoms with Gasteiger partial charge in [0.1, 0.15) is 18.5 Å². The largest absolute Gasteiger partial charge is 0.491 e. The summed E-state index contributed by atoms with van der Waals surface area (Å²) in [5.41, 5.74) is 0. The molecule has 112 valence electrons. The van der Waals surface area contributed by atoms with Gasteiger partial charge in [-0.15, -0.1) is 0 Å². The molecular formula is C15H22ClNO3. The van der Waals surface area contributed by atoms with Crippen molar-refractivity contribution in [3.8, 4) is 5.75 Å². The highest BCUT2D eigenvalue weighted by atomic mass is 35.5. The van der Waals surface area contributed by atoms with Crippen molar-refractivity contribution in [1.82, 2.24) is 5.32 Å². The van der Waals surface area contributed by atoms with E-state index in [1.807, 2.05) is 0 Å². The van der Waals surface area contributed by atoms with Crippen LogP contribution < -0.4 is 10.1 Å². The van der Waals surface area contributed by atoms with Crippen molar-refractivity contribution in [3.05, 3.63) is 29.3 Å². The Morgan fingerprint density at radius 3 is 2.75 bits per heavy atom. The minimum absolute atomic E-state index is 0.261. The van der Waals surface area contributed by atoms with E-state index in [2.05, 4.69) is 5.32 Å². The van der Waals surface area contributed by atoms with Gasteiger partial charge in [0.2, 0.25) is 0 Å². The van der Waals surface area contributed by atoms with Gasteiger partial charge in [0.15, 0.2) is 0 Å². The van der Waals surface area contributed by atoms with Gasteiger partial charge in [0.25, 0.3) is 0 Å². The quantitative estimate of drug-likeness (QED) is 0.650. The second-order valence-corrected chi connectivity index (χ2v) is 5.58. The lowest BCUT2D eigenvalue weighted by atomic mass is 10.3. The lowest BCUT2D eigenvalue weighted by Gasteiger charge is -2.13. The highest BCUT2D eigenvalue weighted by Gasteiger charge is 2.20. The van der Waals surface area contributed by atoms with Gasteiger partial charge >= 0.3 is 0 Å². The Kier molecular flexibility index (Phi) is 6.60. The van der Waals surface area contributed by atoms with E-state index in [-0.39, 0.29) is 6.61 Å². The molecule has 1 aromatic carbocycles. The molecule has 2 N–H and O–H groups in total. The number of hydrogen-bond acceptors (Lipinski definition) is 4. The van der Waals surface area contributed by atoms with Crippen LogP contribution in [-0.4, -0.2) is 44.1 Å². The molecule has 0 bridgehead atoms. The average Bonchev–Trinajstić information content (AvgIpc) is 3.26. The van der Waals surface area contributed by atoms with Gasteiger partial charge < -0.3 is 19.9 Å². The topological polar surface area (TPSA) is 50.7 Å². The van der Waals surface area contributed by atoms with Crippen molar-refractivity contribution in [2.24, 2.45) is 5.92 Å². The zero-order valence-electron chi connectivity index (χ0n) is 11.6. The van der Waals surface area contributed by atoms with Crippen LogP contribution in [0, 0.1) is 5.92 Å². The lowest BCUT2D eigenvalue weighted by Crippen LogP contribution is -2.33. The molecule has 1 aromatic rings. The predicted octanol–water partition coefficient (Wildman–Crippen LogP) is 2.10. The first kappa shape index (κ1) is 15.6. The molecule has 20 heavy (non-hydrogen) atoms. The molecule has 1 fully saturated rings. The Labute approximate surface area is 125 Å². The van der Waals surface area contributed by atoms with Crippen molar-refractivity contribution in [2.45, 2.75) is 18.9 Å². The van der Waals surface area contributed by atoms with Gasteiger partial charge in [0, 0.05) is 24.7 Å². The summed E-state index contributed by atoms with van der Waals surface area (Å²) in [5, 5.41) is 13.6. The van der Waals surface area contributed by atoms with Crippen molar-refractivity contribution in [3.63, 3.8) is 0 Å². The van der Waals surface area contributed by atoms with Crippen molar-refractivity contribution < 1.29 is 14.6 Å². The van der Waals surface area contributed by atoms with E-state index in [1.54, 1.807) is 24.3 Å². The first-order valence-electron chi connectivity index (χ1n) is 7.09. The van der Waals surface area contributed by atoms with E-state index in [0.29, 0.717) is 23.9 Å². The minimum Gasteiger partial charge on any atom is -0.491 e. The molecule has 0 heterocycles. The summed E-state index contributed by atoms with van der Waals surface area (Å²) in [6.07, 6.45) is 2.09. The minimum atomic E-state index is -0.533. The first-order chi connectivity index (χ1) is 9.74. The Balaban J connectivity index is 1.46. The number of aliphatic hydroxyl groups excluding tert-OH is 1. The van der Waals surface area contributed by atoms with Crippen LogP contribution in [-0.2, 0) is 4.74 Å². The van der Waals surface area contributed by atoms with Gasteiger partial charge in [0.05, 0.1) is 6.61 Å². The Morgan fingerprint density at radius 2 is 2.05 bits per heavy atom. The maximum atomic E-state index is 9.77. The third-order valence-electron chi connectivity index (χ3n) is 3.11. The number of ether oxygens (including phenoxy) is 2. The van der Waals surface area contributed by atoms with Crippen molar-refractivity contribution in [1.29, 1.82) is 0 Å². The number of aliphatic hydroxyl groups is 1. The molecule has 4 nitrogen and oxygen atoms in total. The van der Waals surface area contributed by atoms with Crippen LogP contribution in [0.1, 0.15) is 12.8 Å². The van der Waals surface area contributed by atoms with Crippen LogP contribution in [0.25, 0.3) is 0 Å². The van der Waals surface area contributed by atoms with Gasteiger partial charge in [-0.2, -0.15) is 0 Å². The van der Waals surface area contributed by atoms with Crippen molar-refractivity contribution in [2.75, 3.05) is 32.9 Å². The predicted molar refractivity (Wildman–Crippen MR) is 79.4 cm³/mol. The molecule has 5 heteroatoms. The molecule has 0 spiro atoms. The monoisotopic (exact) mass is 299 g/mol. The number of halogens is 1. The van der Waals surface area contributed by atoms with Crippen LogP contribution >= 0.6 is 11.6 Å². The summed E-state index contributed by atoms with van der Waals surface area (Å²) in [7, 11) is 0. The van der Waals surface area contributed by atoms with E-state index >= 15 is 0 Å². The van der Waals surface area contributed by atoms with Crippen LogP contribution in [0.2, 0.25) is 5.02 Å². The fraction of sp³-hybridized carbons (Fsp3) is 0.600. The van der Waals surface area contributed by atoms with E-state index in [1.165, 1.54) is 12.8 Å². The van der Waals surface area contributed by atoms with Crippen molar-refractivity contribution >= 4 is 11.6 Å². The van der Waals surface area contributed by atoms with Crippen LogP contribution in [0.3, 0.4) is 0 Å². The summed E-state index contributed by atoms with van der Waals surface area (Å²) in [5.74, 6) is 1.51. The second-order valence-electron chi connectivity index (χ2n) is 5.14. The smallest absolute Gasteiger partial charge is 0.119 e. The van der Waals surface area contributed by atoms with Crippen LogP contribution in [0.4, 0.5) is 0 Å². The summed E-state index contributed by atoms with van der Waals surface area (Å²) >= 11 is 5.78. The average molecular weight is 300 g/mol. The molecule has 1 aliphatic rings. The van der Waals surface area contributed by atoms with Gasteiger partial charge in [-0.25, -0.2) is 0 Å². The Bertz CT molecular complexity index is 381. The summed E-state index contributed by atoms with van der Waals surface area (Å²) in [6.45, 7) is 3.09. The molecule has 0 aliphatic heterocycles. The maximum absolute atomic E-state index is 9.77. The van der Waals surface area contributed by atoms with Crippen LogP contribution in [0.5, 0.6) is 5.75 Å². The molecule has 0 saturated heterocycles. The molecule has 0 amide bonds. The number of benzene rings is 1. The maximum Gasteiger partial charge on any atom is 0.119 e. The molecule has 0 aromatic heterocycles. The third kappa shape index (κ3) is 6.57. The summed E-state index contributed by atoms with van der Waals surface area (Å²) in [6, 6.07) is 7.10. The molecular weight excluding hydrogens is 278 g/mol. The van der Waals surface area contributed by atoms with E-state index < -0.39 is 6.10 Å². The third-order valence-corrected chi connectivity index (χ3v) is 3.36. The zero-order chi connectivity index (χ0) is 14.2. The summed E-state index contributed by atoms with van der Waals surface area (Å²) in [4.78, 5) is 0. The second kappa shape index (κ2) is 8.47. The van der Waals surface area contributed by atoms with Gasteiger partial charge in [-0.3, -0.25) is 0 Å². The van der Waals surface area contributed by atoms with E-state index in [4.69, 9.17) is 21.1 Å². The molecule has 1 unspecified atom stereocenters. The highest BCUT2D eigenvalue weighted by Crippen LogP contribution is 2.28. The molecule has 2 rings (SSSR count). The molecule has 1 atom stereocenters. The lowest BCUT2D eigenvalue weighted by molar-refractivity contribution is 0.0967. The van der Waals surface area contributed by atoms with Gasteiger partial charge in [-0.1, -0.05) is 11.6 Å². The standard InChI is InChI=1S/C15H22ClNO3/c16-13-3-5-15(6-4-13)20-11-14(18)9-17-7-8-19-10-12-1-2-12/h3-6,12,14,17-18H,1-2,7-11H2. The first-order valence-corrected chi connectivity index (χ1v) is 7.47. The SMILES string of the molecule is OC(CNCCOCC1CC1)COc1ccc(Cl)cc1. The fourth-order valence-corrected chi connectivity index (χ4v) is 1.86. The summed E-state index contributed by atoms with van der Waals surface area (Å²) < 4.78 is 11.0. The number of nitrogens with one attached hydrogen (secondary N) is 1. The zero-order valence-corrected chi connectivity index (χ0v) is 12.3. The van der Waals surface area contributed by atoms with E-state index in [0.717, 1.165) is 19.1 Å². The van der Waals surface area contributed by atoms with Gasteiger partial charge in [-0.05, 0) is 43.0 Å². The molecule has 1 saturated carbocycles. The normalized spacial score (nSPS) is 16.1. The number of rotatable bonds is 10. The molecule has 0 radical (unpaired) electrons. The number of hydrogen-bond donors (Lipinski definition) is 2. The fourth-order valence-electron chi connectivity index (χ4n) is 1.73. The Hall–Kier alpha value is -0.810.